The molecular weight excluding hydrogens is 399 g/mol. The molecule has 1 unspecified atom stereocenters. The second kappa shape index (κ2) is 8.83. The van der Waals surface area contributed by atoms with Crippen molar-refractivity contribution >= 4 is 17.2 Å². The number of halogens is 1. The molecule has 0 fully saturated rings. The number of aryl methyl sites for hydroxylation is 1. The number of hydrogen-bond acceptors (Lipinski definition) is 2. The zero-order valence-electron chi connectivity index (χ0n) is 18.6. The van der Waals surface area contributed by atoms with Crippen LogP contribution in [0.25, 0.3) is 5.57 Å². The SMILES string of the molecule is C=C(C1=CNC(C(=O)Nc2cccc(F)c2)=CC1)C1=C(C)C(C)C=C1c1ccc(C)cc1. The van der Waals surface area contributed by atoms with Gasteiger partial charge in [-0.15, -0.1) is 0 Å². The van der Waals surface area contributed by atoms with Crippen LogP contribution in [-0.4, -0.2) is 5.91 Å². The summed E-state index contributed by atoms with van der Waals surface area (Å²) in [6, 6.07) is 14.4. The quantitative estimate of drug-likeness (QED) is 0.578. The van der Waals surface area contributed by atoms with Crippen molar-refractivity contribution in [2.24, 2.45) is 5.92 Å². The standard InChI is InChI=1S/C28H27FN2O/c1-17-8-10-21(11-9-17)25-14-18(2)19(3)27(25)20(4)22-12-13-26(30-16-22)28(32)31-24-7-5-6-23(29)15-24/h5-11,13-16,18,30H,4,12H2,1-3H3,(H,31,32). The molecule has 2 aromatic carbocycles. The van der Waals surface area contributed by atoms with Gasteiger partial charge in [0.15, 0.2) is 0 Å². The molecule has 162 valence electrons. The zero-order valence-corrected chi connectivity index (χ0v) is 18.6. The van der Waals surface area contributed by atoms with Crippen LogP contribution in [-0.2, 0) is 4.79 Å². The molecule has 2 aromatic rings. The maximum absolute atomic E-state index is 13.4. The second-order valence-electron chi connectivity index (χ2n) is 8.37. The molecule has 32 heavy (non-hydrogen) atoms. The van der Waals surface area contributed by atoms with E-state index >= 15 is 0 Å². The normalized spacial score (nSPS) is 17.9. The predicted octanol–water partition coefficient (Wildman–Crippen LogP) is 6.44. The Hall–Kier alpha value is -3.66. The van der Waals surface area contributed by atoms with Gasteiger partial charge in [0.1, 0.15) is 11.5 Å². The Kier molecular flexibility index (Phi) is 5.95. The van der Waals surface area contributed by atoms with Gasteiger partial charge in [0, 0.05) is 11.9 Å². The Morgan fingerprint density at radius 2 is 1.91 bits per heavy atom. The molecule has 0 bridgehead atoms. The Labute approximate surface area is 188 Å². The van der Waals surface area contributed by atoms with E-state index in [4.69, 9.17) is 0 Å². The first-order chi connectivity index (χ1) is 15.3. The number of dihydropyridines is 1. The van der Waals surface area contributed by atoms with E-state index in [1.165, 1.54) is 40.0 Å². The van der Waals surface area contributed by atoms with Gasteiger partial charge < -0.3 is 10.6 Å². The van der Waals surface area contributed by atoms with E-state index in [0.717, 1.165) is 11.1 Å². The van der Waals surface area contributed by atoms with Crippen molar-refractivity contribution < 1.29 is 9.18 Å². The third kappa shape index (κ3) is 4.35. The lowest BCUT2D eigenvalue weighted by molar-refractivity contribution is -0.113. The van der Waals surface area contributed by atoms with Gasteiger partial charge in [-0.25, -0.2) is 4.39 Å². The van der Waals surface area contributed by atoms with E-state index in [2.05, 4.69) is 68.3 Å². The van der Waals surface area contributed by atoms with Crippen LogP contribution in [0.4, 0.5) is 10.1 Å². The highest BCUT2D eigenvalue weighted by Crippen LogP contribution is 2.43. The molecule has 0 saturated carbocycles. The summed E-state index contributed by atoms with van der Waals surface area (Å²) in [5.74, 6) is -0.348. The van der Waals surface area contributed by atoms with Crippen molar-refractivity contribution in [3.8, 4) is 0 Å². The average Bonchev–Trinajstić information content (AvgIpc) is 3.08. The number of carbonyl (C=O) groups excluding carboxylic acids is 1. The third-order valence-electron chi connectivity index (χ3n) is 6.07. The highest BCUT2D eigenvalue weighted by Gasteiger charge is 2.26. The summed E-state index contributed by atoms with van der Waals surface area (Å²) in [5, 5.41) is 5.80. The molecule has 3 nitrogen and oxygen atoms in total. The Morgan fingerprint density at radius 3 is 2.56 bits per heavy atom. The topological polar surface area (TPSA) is 41.1 Å². The lowest BCUT2D eigenvalue weighted by Gasteiger charge is -2.20. The van der Waals surface area contributed by atoms with Gasteiger partial charge in [-0.05, 0) is 72.2 Å². The molecule has 0 saturated heterocycles. The van der Waals surface area contributed by atoms with Crippen LogP contribution in [0, 0.1) is 18.7 Å². The van der Waals surface area contributed by atoms with Gasteiger partial charge in [-0.1, -0.05) is 67.1 Å². The van der Waals surface area contributed by atoms with Crippen molar-refractivity contribution in [3.05, 3.63) is 118 Å². The summed E-state index contributed by atoms with van der Waals surface area (Å²) < 4.78 is 13.4. The maximum atomic E-state index is 13.4. The number of nitrogens with one attached hydrogen (secondary N) is 2. The molecule has 4 heteroatoms. The van der Waals surface area contributed by atoms with Gasteiger partial charge in [0.05, 0.1) is 0 Å². The number of anilines is 1. The van der Waals surface area contributed by atoms with Crippen molar-refractivity contribution in [3.63, 3.8) is 0 Å². The summed E-state index contributed by atoms with van der Waals surface area (Å²) in [6.07, 6.45) is 6.58. The minimum absolute atomic E-state index is 0.304. The first-order valence-corrected chi connectivity index (χ1v) is 10.8. The van der Waals surface area contributed by atoms with Crippen molar-refractivity contribution in [1.29, 1.82) is 0 Å². The second-order valence-corrected chi connectivity index (χ2v) is 8.37. The van der Waals surface area contributed by atoms with Crippen LogP contribution in [0.3, 0.4) is 0 Å². The minimum atomic E-state index is -0.390. The molecule has 0 spiro atoms. The number of rotatable bonds is 5. The first kappa shape index (κ1) is 21.6. The van der Waals surface area contributed by atoms with Crippen LogP contribution < -0.4 is 10.6 Å². The van der Waals surface area contributed by atoms with E-state index < -0.39 is 5.82 Å². The summed E-state index contributed by atoms with van der Waals surface area (Å²) in [7, 11) is 0. The van der Waals surface area contributed by atoms with Gasteiger partial charge >= 0.3 is 0 Å². The van der Waals surface area contributed by atoms with Gasteiger partial charge in [0.2, 0.25) is 0 Å². The van der Waals surface area contributed by atoms with Gasteiger partial charge in [-0.2, -0.15) is 0 Å². The van der Waals surface area contributed by atoms with Crippen LogP contribution in [0.2, 0.25) is 0 Å². The molecule has 2 aliphatic rings. The monoisotopic (exact) mass is 426 g/mol. The van der Waals surface area contributed by atoms with E-state index in [1.54, 1.807) is 12.1 Å². The van der Waals surface area contributed by atoms with Crippen LogP contribution >= 0.6 is 0 Å². The molecule has 1 atom stereocenters. The number of allylic oxidation sites excluding steroid dienone is 7. The molecule has 1 heterocycles. The highest BCUT2D eigenvalue weighted by atomic mass is 19.1. The molecule has 1 aliphatic carbocycles. The molecule has 1 amide bonds. The molecule has 4 rings (SSSR count). The lowest BCUT2D eigenvalue weighted by atomic mass is 9.87. The zero-order chi connectivity index (χ0) is 22.8. The fourth-order valence-electron chi connectivity index (χ4n) is 4.06. The van der Waals surface area contributed by atoms with E-state index in [1.807, 2.05) is 12.3 Å². The van der Waals surface area contributed by atoms with Crippen molar-refractivity contribution in [2.75, 3.05) is 5.32 Å². The summed E-state index contributed by atoms with van der Waals surface area (Å²) in [4.78, 5) is 12.5. The van der Waals surface area contributed by atoms with E-state index in [9.17, 15) is 9.18 Å². The van der Waals surface area contributed by atoms with E-state index in [0.29, 0.717) is 23.7 Å². The molecule has 1 aliphatic heterocycles. The van der Waals surface area contributed by atoms with E-state index in [-0.39, 0.29) is 5.91 Å². The summed E-state index contributed by atoms with van der Waals surface area (Å²) >= 11 is 0. The average molecular weight is 427 g/mol. The number of amides is 1. The van der Waals surface area contributed by atoms with Gasteiger partial charge in [0.25, 0.3) is 5.91 Å². The minimum Gasteiger partial charge on any atom is -0.357 e. The predicted molar refractivity (Wildman–Crippen MR) is 129 cm³/mol. The lowest BCUT2D eigenvalue weighted by Crippen LogP contribution is -2.25. The number of carbonyl (C=O) groups is 1. The summed E-state index contributed by atoms with van der Waals surface area (Å²) in [5.41, 5.74) is 8.96. The molecule has 0 aromatic heterocycles. The molecule has 0 radical (unpaired) electrons. The van der Waals surface area contributed by atoms with Crippen LogP contribution in [0.5, 0.6) is 0 Å². The first-order valence-electron chi connectivity index (χ1n) is 10.8. The Bertz CT molecular complexity index is 1210. The Morgan fingerprint density at radius 1 is 1.16 bits per heavy atom. The largest absolute Gasteiger partial charge is 0.357 e. The molecule has 2 N–H and O–H groups in total. The summed E-state index contributed by atoms with van der Waals surface area (Å²) in [6.45, 7) is 10.9. The fourth-order valence-corrected chi connectivity index (χ4v) is 4.06. The van der Waals surface area contributed by atoms with Crippen LogP contribution in [0.1, 0.15) is 31.4 Å². The van der Waals surface area contributed by atoms with Gasteiger partial charge in [-0.3, -0.25) is 4.79 Å². The van der Waals surface area contributed by atoms with Crippen molar-refractivity contribution in [1.82, 2.24) is 5.32 Å². The van der Waals surface area contributed by atoms with Crippen molar-refractivity contribution in [2.45, 2.75) is 27.2 Å². The third-order valence-corrected chi connectivity index (χ3v) is 6.07. The maximum Gasteiger partial charge on any atom is 0.271 e. The Balaban J connectivity index is 1.49. The molecular formula is C28H27FN2O. The smallest absolute Gasteiger partial charge is 0.271 e. The van der Waals surface area contributed by atoms with Crippen LogP contribution in [0.15, 0.2) is 101 Å². The highest BCUT2D eigenvalue weighted by molar-refractivity contribution is 6.03. The number of hydrogen-bond donors (Lipinski definition) is 2. The number of benzene rings is 2. The fraction of sp³-hybridized carbons (Fsp3) is 0.179.